The Morgan fingerprint density at radius 3 is 1.53 bits per heavy atom. The van der Waals surface area contributed by atoms with Crippen molar-refractivity contribution in [3.63, 3.8) is 0 Å². The predicted molar refractivity (Wildman–Crippen MR) is 85.7 cm³/mol. The van der Waals surface area contributed by atoms with Gasteiger partial charge in [0.25, 0.3) is 0 Å². The lowest BCUT2D eigenvalue weighted by molar-refractivity contribution is -0.136. The second-order valence-corrected chi connectivity index (χ2v) is 6.46. The molecule has 19 heavy (non-hydrogen) atoms. The van der Waals surface area contributed by atoms with Crippen molar-refractivity contribution in [3.8, 4) is 11.5 Å². The molecule has 2 aromatic rings. The van der Waals surface area contributed by atoms with Crippen molar-refractivity contribution in [1.29, 1.82) is 0 Å². The van der Waals surface area contributed by atoms with Gasteiger partial charge in [0, 0.05) is 10.6 Å². The summed E-state index contributed by atoms with van der Waals surface area (Å²) in [5.74, 6) is 0.851. The Morgan fingerprint density at radius 1 is 0.789 bits per heavy atom. The van der Waals surface area contributed by atoms with Crippen LogP contribution in [0.25, 0.3) is 0 Å². The first-order valence-electron chi connectivity index (χ1n) is 5.33. The Kier molecular flexibility index (Phi) is 5.10. The van der Waals surface area contributed by atoms with Crippen molar-refractivity contribution in [2.24, 2.45) is 0 Å². The van der Waals surface area contributed by atoms with Crippen LogP contribution in [0.4, 0.5) is 0 Å². The first-order chi connectivity index (χ1) is 9.13. The molecule has 0 saturated carbocycles. The second-order valence-electron chi connectivity index (χ2n) is 3.81. The van der Waals surface area contributed by atoms with E-state index in [4.69, 9.17) is 10.5 Å². The number of hydrogen-bond donors (Lipinski definition) is 2. The molecule has 2 N–H and O–H groups in total. The van der Waals surface area contributed by atoms with Crippen LogP contribution in [0.2, 0.25) is 0 Å². The van der Waals surface area contributed by atoms with E-state index in [0.717, 1.165) is 21.2 Å². The first-order valence-corrected chi connectivity index (χ1v) is 7.48. The largest absolute Gasteiger partial charge is 0.340 e. The summed E-state index contributed by atoms with van der Waals surface area (Å²) in [6.45, 7) is 0. The fraction of sp³-hybridized carbons (Fsp3) is 0. The van der Waals surface area contributed by atoms with Gasteiger partial charge >= 0.3 is 0 Å². The second kappa shape index (κ2) is 6.61. The summed E-state index contributed by atoms with van der Waals surface area (Å²) in [7, 11) is 5.50. The molecule has 7 heteroatoms. The quantitative estimate of drug-likeness (QED) is 0.503. The Morgan fingerprint density at radius 2 is 1.21 bits per heavy atom. The van der Waals surface area contributed by atoms with E-state index in [1.54, 1.807) is 12.1 Å². The molecule has 0 aromatic heterocycles. The molecular weight excluding hydrogens is 301 g/mol. The average molecular weight is 314 g/mol. The van der Waals surface area contributed by atoms with E-state index in [1.165, 1.54) is 0 Å². The number of rotatable bonds is 4. The molecule has 0 spiro atoms. The normalized spacial score (nSPS) is 10.3. The Balaban J connectivity index is 2.21. The third-order valence-electron chi connectivity index (χ3n) is 2.50. The van der Waals surface area contributed by atoms with Crippen molar-refractivity contribution in [2.45, 2.75) is 0 Å². The van der Waals surface area contributed by atoms with Crippen LogP contribution in [0, 0.1) is 0 Å². The van der Waals surface area contributed by atoms with Gasteiger partial charge in [-0.25, -0.2) is 10.5 Å². The van der Waals surface area contributed by atoms with Crippen molar-refractivity contribution in [1.82, 2.24) is 0 Å². The highest BCUT2D eigenvalue weighted by atomic mass is 31.1. The smallest absolute Gasteiger partial charge is 0.172 e. The molecule has 0 heterocycles. The maximum absolute atomic E-state index is 8.64. The van der Waals surface area contributed by atoms with Crippen LogP contribution in [-0.4, -0.2) is 10.5 Å². The molecule has 100 valence electrons. The Bertz CT molecular complexity index is 538. The summed E-state index contributed by atoms with van der Waals surface area (Å²) < 4.78 is 0. The molecule has 2 aromatic carbocycles. The van der Waals surface area contributed by atoms with Gasteiger partial charge in [0.05, 0.1) is 0 Å². The van der Waals surface area contributed by atoms with Gasteiger partial charge in [0.2, 0.25) is 0 Å². The van der Waals surface area contributed by atoms with Crippen molar-refractivity contribution in [2.75, 3.05) is 0 Å². The van der Waals surface area contributed by atoms with E-state index in [0.29, 0.717) is 20.1 Å². The zero-order valence-corrected chi connectivity index (χ0v) is 13.1. The highest BCUT2D eigenvalue weighted by Gasteiger charge is 2.05. The zero-order chi connectivity index (χ0) is 13.8. The molecular formula is C12H13O4P3. The molecule has 0 aliphatic rings. The first kappa shape index (κ1) is 14.7. The molecule has 2 rings (SSSR count). The van der Waals surface area contributed by atoms with Gasteiger partial charge in [-0.3, -0.25) is 0 Å². The van der Waals surface area contributed by atoms with E-state index >= 15 is 0 Å². The molecule has 4 nitrogen and oxygen atoms in total. The lowest BCUT2D eigenvalue weighted by atomic mass is 10.3. The summed E-state index contributed by atoms with van der Waals surface area (Å²) in [5.41, 5.74) is 0. The van der Waals surface area contributed by atoms with Crippen molar-refractivity contribution >= 4 is 48.3 Å². The molecule has 0 aliphatic heterocycles. The average Bonchev–Trinajstić information content (AvgIpc) is 2.39. The summed E-state index contributed by atoms with van der Waals surface area (Å²) in [6.07, 6.45) is 0. The standard InChI is InChI=1S/C12H13O4P3/c13-15-9-3-1-7(5-11(9)17)19-8-2-4-10(16-14)12(18)6-8/h1-6,13-14,19H,17-18H2. The monoisotopic (exact) mass is 314 g/mol. The minimum Gasteiger partial charge on any atom is -0.340 e. The van der Waals surface area contributed by atoms with Crippen LogP contribution in [-0.2, 0) is 0 Å². The SMILES string of the molecule is OOc1ccc(Pc2ccc(OO)c(P)c2)cc1P. The summed E-state index contributed by atoms with van der Waals surface area (Å²) in [5, 5.41) is 21.1. The van der Waals surface area contributed by atoms with E-state index in [9.17, 15) is 0 Å². The van der Waals surface area contributed by atoms with Crippen LogP contribution in [0.5, 0.6) is 11.5 Å². The lowest BCUT2D eigenvalue weighted by Gasteiger charge is -2.08. The predicted octanol–water partition coefficient (Wildman–Crippen LogP) is 1.02. The van der Waals surface area contributed by atoms with E-state index in [1.807, 2.05) is 24.3 Å². The molecule has 0 bridgehead atoms. The zero-order valence-electron chi connectivity index (χ0n) is 9.83. The van der Waals surface area contributed by atoms with Crippen LogP contribution < -0.4 is 31.0 Å². The van der Waals surface area contributed by atoms with Gasteiger partial charge in [-0.05, 0) is 34.9 Å². The van der Waals surface area contributed by atoms with Gasteiger partial charge < -0.3 is 9.78 Å². The van der Waals surface area contributed by atoms with E-state index < -0.39 is 0 Å². The van der Waals surface area contributed by atoms with Gasteiger partial charge in [0.1, 0.15) is 0 Å². The van der Waals surface area contributed by atoms with Crippen molar-refractivity contribution in [3.05, 3.63) is 36.4 Å². The molecule has 2 unspecified atom stereocenters. The van der Waals surface area contributed by atoms with Gasteiger partial charge in [-0.15, -0.1) is 18.5 Å². The Hall–Kier alpha value is -0.750. The third-order valence-corrected chi connectivity index (χ3v) is 4.61. The summed E-state index contributed by atoms with van der Waals surface area (Å²) in [6, 6.07) is 11.1. The molecule has 0 saturated heterocycles. The van der Waals surface area contributed by atoms with Crippen LogP contribution >= 0.6 is 27.1 Å². The van der Waals surface area contributed by atoms with Gasteiger partial charge in [-0.1, -0.05) is 20.7 Å². The minimum atomic E-state index is 0.425. The van der Waals surface area contributed by atoms with Crippen molar-refractivity contribution < 1.29 is 20.3 Å². The van der Waals surface area contributed by atoms with E-state index in [-0.39, 0.29) is 0 Å². The molecule has 2 atom stereocenters. The van der Waals surface area contributed by atoms with Crippen LogP contribution in [0.3, 0.4) is 0 Å². The topological polar surface area (TPSA) is 58.9 Å². The molecule has 0 radical (unpaired) electrons. The molecule has 0 fully saturated rings. The van der Waals surface area contributed by atoms with E-state index in [2.05, 4.69) is 28.3 Å². The van der Waals surface area contributed by atoms with Crippen LogP contribution in [0.1, 0.15) is 0 Å². The maximum atomic E-state index is 8.64. The van der Waals surface area contributed by atoms with Gasteiger partial charge in [-0.2, -0.15) is 0 Å². The maximum Gasteiger partial charge on any atom is 0.172 e. The molecule has 0 aliphatic carbocycles. The number of benzene rings is 2. The Labute approximate surface area is 117 Å². The number of hydrogen-bond acceptors (Lipinski definition) is 4. The summed E-state index contributed by atoms with van der Waals surface area (Å²) >= 11 is 0. The fourth-order valence-corrected chi connectivity index (χ4v) is 3.70. The lowest BCUT2D eigenvalue weighted by Crippen LogP contribution is -2.12. The fourth-order valence-electron chi connectivity index (χ4n) is 1.59. The van der Waals surface area contributed by atoms with Gasteiger partial charge in [0.15, 0.2) is 11.5 Å². The van der Waals surface area contributed by atoms with Crippen LogP contribution in [0.15, 0.2) is 36.4 Å². The highest BCUT2D eigenvalue weighted by Crippen LogP contribution is 2.17. The minimum absolute atomic E-state index is 0.425. The summed E-state index contributed by atoms with van der Waals surface area (Å²) in [4.78, 5) is 8.47. The highest BCUT2D eigenvalue weighted by molar-refractivity contribution is 7.55. The molecule has 0 amide bonds. The third kappa shape index (κ3) is 3.63.